The molecule has 1 aliphatic heterocycles. The molecule has 1 saturated heterocycles. The molecule has 2 heterocycles. The second-order valence-electron chi connectivity index (χ2n) is 8.89. The van der Waals surface area contributed by atoms with Gasteiger partial charge in [0.2, 0.25) is 0 Å². The van der Waals surface area contributed by atoms with Gasteiger partial charge in [0.25, 0.3) is 5.91 Å². The Morgan fingerprint density at radius 2 is 1.95 bits per heavy atom. The number of halogens is 3. The van der Waals surface area contributed by atoms with Crippen molar-refractivity contribution in [3.05, 3.63) is 53.7 Å². The Bertz CT molecular complexity index is 1360. The highest BCUT2D eigenvalue weighted by Gasteiger charge is 2.30. The minimum atomic E-state index is -4.42. The summed E-state index contributed by atoms with van der Waals surface area (Å²) in [4.78, 5) is 11.9. The molecule has 0 unspecified atom stereocenters. The summed E-state index contributed by atoms with van der Waals surface area (Å²) in [6.45, 7) is -1.01. The number of carbonyl (C=O) groups excluding carboxylic acids is 1. The fourth-order valence-corrected chi connectivity index (χ4v) is 5.72. The molecule has 202 valence electrons. The first kappa shape index (κ1) is 27.5. The second-order valence-corrected chi connectivity index (χ2v) is 10.6. The average Bonchev–Trinajstić information content (AvgIpc) is 3.24. The molecule has 11 heteroatoms. The molecule has 3 aromatic rings. The Morgan fingerprint density at radius 1 is 1.18 bits per heavy atom. The summed E-state index contributed by atoms with van der Waals surface area (Å²) in [5, 5.41) is 9.73. The molecule has 0 radical (unpaired) electrons. The summed E-state index contributed by atoms with van der Waals surface area (Å²) in [5.74, 6) is 7.22. The minimum Gasteiger partial charge on any atom is -0.616 e. The number of hydrogen-bond donors (Lipinski definition) is 3. The molecule has 1 aliphatic rings. The van der Waals surface area contributed by atoms with Crippen LogP contribution in [0.15, 0.2) is 42.5 Å². The first-order valence-electron chi connectivity index (χ1n) is 12.1. The SMILES string of the molecule is CNC(=O)c1ccc(NCC#Cc2cc3c(NC4CC[S+]([O-])CC4)cccc3n2CC(F)(F)F)c(OC)c1. The van der Waals surface area contributed by atoms with E-state index in [1.165, 1.54) is 18.7 Å². The Hall–Kier alpha value is -3.49. The zero-order chi connectivity index (χ0) is 27.3. The van der Waals surface area contributed by atoms with Gasteiger partial charge in [-0.3, -0.25) is 4.79 Å². The normalized spacial score (nSPS) is 17.4. The highest BCUT2D eigenvalue weighted by molar-refractivity contribution is 7.91. The molecule has 0 atom stereocenters. The number of methoxy groups -OCH3 is 1. The van der Waals surface area contributed by atoms with Gasteiger partial charge in [0.15, 0.2) is 0 Å². The van der Waals surface area contributed by atoms with E-state index in [1.807, 2.05) is 6.07 Å². The maximum atomic E-state index is 13.5. The summed E-state index contributed by atoms with van der Waals surface area (Å²) in [6, 6.07) is 11.9. The van der Waals surface area contributed by atoms with Crippen molar-refractivity contribution in [2.75, 3.05) is 42.8 Å². The second kappa shape index (κ2) is 11.9. The Labute approximate surface area is 222 Å². The number of alkyl halides is 3. The number of nitrogens with zero attached hydrogens (tertiary/aromatic N) is 1. The molecule has 2 aromatic carbocycles. The summed E-state index contributed by atoms with van der Waals surface area (Å²) >= 11 is -0.801. The third-order valence-corrected chi connectivity index (χ3v) is 7.69. The fourth-order valence-electron chi connectivity index (χ4n) is 4.42. The van der Waals surface area contributed by atoms with Crippen LogP contribution < -0.4 is 20.7 Å². The van der Waals surface area contributed by atoms with Crippen LogP contribution in [-0.2, 0) is 17.7 Å². The number of nitrogens with one attached hydrogen (secondary N) is 3. The number of rotatable bonds is 7. The van der Waals surface area contributed by atoms with Crippen LogP contribution in [0.1, 0.15) is 28.9 Å². The third-order valence-electron chi connectivity index (χ3n) is 6.31. The average molecular weight is 547 g/mol. The van der Waals surface area contributed by atoms with E-state index in [0.29, 0.717) is 39.4 Å². The van der Waals surface area contributed by atoms with Gasteiger partial charge in [-0.25, -0.2) is 0 Å². The summed E-state index contributed by atoms with van der Waals surface area (Å²) < 4.78 is 58.7. The van der Waals surface area contributed by atoms with Gasteiger partial charge in [0.1, 0.15) is 23.8 Å². The molecule has 3 N–H and O–H groups in total. The van der Waals surface area contributed by atoms with Gasteiger partial charge in [-0.15, -0.1) is 0 Å². The maximum Gasteiger partial charge on any atom is 0.406 e. The monoisotopic (exact) mass is 546 g/mol. The number of amides is 1. The van der Waals surface area contributed by atoms with E-state index in [4.69, 9.17) is 4.74 Å². The molecule has 1 aromatic heterocycles. The van der Waals surface area contributed by atoms with Gasteiger partial charge in [-0.05, 0) is 42.3 Å². The van der Waals surface area contributed by atoms with Crippen molar-refractivity contribution in [3.63, 3.8) is 0 Å². The number of anilines is 2. The van der Waals surface area contributed by atoms with E-state index in [1.54, 1.807) is 36.4 Å². The van der Waals surface area contributed by atoms with Crippen LogP contribution in [0.3, 0.4) is 0 Å². The summed E-state index contributed by atoms with van der Waals surface area (Å²) in [5.41, 5.74) is 2.47. The molecule has 0 saturated carbocycles. The molecule has 0 spiro atoms. The lowest BCUT2D eigenvalue weighted by Gasteiger charge is -2.26. The smallest absolute Gasteiger partial charge is 0.406 e. The number of benzene rings is 2. The van der Waals surface area contributed by atoms with Crippen LogP contribution in [0.4, 0.5) is 24.5 Å². The fraction of sp³-hybridized carbons (Fsp3) is 0.370. The lowest BCUT2D eigenvalue weighted by atomic mass is 10.1. The predicted molar refractivity (Wildman–Crippen MR) is 144 cm³/mol. The number of hydrogen-bond acceptors (Lipinski definition) is 5. The Kier molecular flexibility index (Phi) is 8.64. The first-order valence-corrected chi connectivity index (χ1v) is 13.6. The molecule has 38 heavy (non-hydrogen) atoms. The first-order chi connectivity index (χ1) is 18.2. The molecule has 0 aliphatic carbocycles. The number of carbonyl (C=O) groups is 1. The van der Waals surface area contributed by atoms with Gasteiger partial charge in [-0.2, -0.15) is 13.2 Å². The minimum absolute atomic E-state index is 0.118. The van der Waals surface area contributed by atoms with Gasteiger partial charge in [0.05, 0.1) is 30.6 Å². The molecule has 1 fully saturated rings. The van der Waals surface area contributed by atoms with Gasteiger partial charge < -0.3 is 29.8 Å². The number of fused-ring (bicyclic) bond motifs is 1. The largest absolute Gasteiger partial charge is 0.616 e. The molecular weight excluding hydrogens is 517 g/mol. The molecule has 0 bridgehead atoms. The molecular formula is C27H29F3N4O3S. The van der Waals surface area contributed by atoms with Crippen molar-refractivity contribution >= 4 is 39.4 Å². The van der Waals surface area contributed by atoms with Crippen LogP contribution in [0.5, 0.6) is 5.75 Å². The highest BCUT2D eigenvalue weighted by Crippen LogP contribution is 2.31. The molecule has 7 nitrogen and oxygen atoms in total. The van der Waals surface area contributed by atoms with Crippen LogP contribution in [-0.4, -0.2) is 59.5 Å². The standard InChI is InChI=1S/C27H29F3N4O3S/c1-31-26(35)18-8-9-23(25(15-18)37-2)32-12-4-5-20-16-21-22(33-19-10-13-38(36)14-11-19)6-3-7-24(21)34(20)17-27(28,29)30/h3,6-9,15-16,19,32-33H,10-14,17H2,1-2H3,(H,31,35). The van der Waals surface area contributed by atoms with Gasteiger partial charge in [0, 0.05) is 42.6 Å². The van der Waals surface area contributed by atoms with E-state index in [-0.39, 0.29) is 24.2 Å². The van der Waals surface area contributed by atoms with E-state index >= 15 is 0 Å². The van der Waals surface area contributed by atoms with Crippen molar-refractivity contribution in [1.29, 1.82) is 0 Å². The van der Waals surface area contributed by atoms with Crippen molar-refractivity contribution in [2.24, 2.45) is 0 Å². The van der Waals surface area contributed by atoms with E-state index in [9.17, 15) is 22.5 Å². The van der Waals surface area contributed by atoms with E-state index in [2.05, 4.69) is 27.8 Å². The van der Waals surface area contributed by atoms with Crippen molar-refractivity contribution < 1.29 is 27.3 Å². The number of aromatic nitrogens is 1. The lowest BCUT2D eigenvalue weighted by Crippen LogP contribution is -2.32. The van der Waals surface area contributed by atoms with E-state index in [0.717, 1.165) is 18.5 Å². The molecule has 1 amide bonds. The summed E-state index contributed by atoms with van der Waals surface area (Å²) in [7, 11) is 3.01. The number of ether oxygens (including phenoxy) is 1. The van der Waals surface area contributed by atoms with Gasteiger partial charge in [-0.1, -0.05) is 23.2 Å². The predicted octanol–water partition coefficient (Wildman–Crippen LogP) is 4.36. The maximum absolute atomic E-state index is 13.5. The zero-order valence-electron chi connectivity index (χ0n) is 21.1. The van der Waals surface area contributed by atoms with Crippen LogP contribution in [0, 0.1) is 11.8 Å². The quantitative estimate of drug-likeness (QED) is 0.303. The highest BCUT2D eigenvalue weighted by atomic mass is 32.2. The third kappa shape index (κ3) is 6.68. The zero-order valence-corrected chi connectivity index (χ0v) is 21.9. The Balaban J connectivity index is 1.58. The topological polar surface area (TPSA) is 90.4 Å². The van der Waals surface area contributed by atoms with Gasteiger partial charge >= 0.3 is 6.18 Å². The van der Waals surface area contributed by atoms with E-state index < -0.39 is 23.9 Å². The lowest BCUT2D eigenvalue weighted by molar-refractivity contribution is -0.140. The summed E-state index contributed by atoms with van der Waals surface area (Å²) in [6.07, 6.45) is -2.92. The van der Waals surface area contributed by atoms with Crippen molar-refractivity contribution in [1.82, 2.24) is 9.88 Å². The van der Waals surface area contributed by atoms with Crippen LogP contribution >= 0.6 is 0 Å². The van der Waals surface area contributed by atoms with Crippen LogP contribution in [0.25, 0.3) is 10.9 Å². The van der Waals surface area contributed by atoms with Crippen molar-refractivity contribution in [3.8, 4) is 17.6 Å². The molecule has 4 rings (SSSR count). The van der Waals surface area contributed by atoms with Crippen molar-refractivity contribution in [2.45, 2.75) is 31.6 Å². The Morgan fingerprint density at radius 3 is 2.63 bits per heavy atom. The van der Waals surface area contributed by atoms with Crippen LogP contribution in [0.2, 0.25) is 0 Å².